The first-order valence-corrected chi connectivity index (χ1v) is 12.5. The molecule has 1 aliphatic heterocycles. The molecule has 0 aromatic heterocycles. The van der Waals surface area contributed by atoms with Crippen molar-refractivity contribution in [3.05, 3.63) is 42.5 Å². The van der Waals surface area contributed by atoms with Crippen LogP contribution in [-0.2, 0) is 14.8 Å². The van der Waals surface area contributed by atoms with E-state index >= 15 is 0 Å². The molecule has 1 aliphatic rings. The number of ether oxygens (including phenoxy) is 3. The average molecular weight is 479 g/mol. The van der Waals surface area contributed by atoms with E-state index in [9.17, 15) is 13.2 Å². The van der Waals surface area contributed by atoms with Gasteiger partial charge in [-0.3, -0.25) is 9.10 Å². The molecule has 1 saturated heterocycles. The van der Waals surface area contributed by atoms with Crippen LogP contribution in [0, 0.1) is 0 Å². The van der Waals surface area contributed by atoms with Crippen LogP contribution in [0.25, 0.3) is 0 Å². The Morgan fingerprint density at radius 3 is 2.00 bits per heavy atom. The molecule has 0 spiro atoms. The second-order valence-corrected chi connectivity index (χ2v) is 9.03. The van der Waals surface area contributed by atoms with E-state index in [0.717, 1.165) is 23.6 Å². The third kappa shape index (κ3) is 6.31. The first-order valence-electron chi connectivity index (χ1n) is 11.1. The summed E-state index contributed by atoms with van der Waals surface area (Å²) in [4.78, 5) is 14.8. The van der Waals surface area contributed by atoms with Gasteiger partial charge in [0, 0.05) is 19.2 Å². The lowest BCUT2D eigenvalue weighted by Crippen LogP contribution is -2.45. The summed E-state index contributed by atoms with van der Waals surface area (Å²) in [7, 11) is 0.380. The van der Waals surface area contributed by atoms with Gasteiger partial charge in [0.1, 0.15) is 23.8 Å². The van der Waals surface area contributed by atoms with Crippen molar-refractivity contribution in [3.63, 3.8) is 0 Å². The predicted molar refractivity (Wildman–Crippen MR) is 129 cm³/mol. The molecule has 1 amide bonds. The minimum Gasteiger partial charge on any atom is -0.497 e. The molecule has 0 saturated carbocycles. The van der Waals surface area contributed by atoms with Crippen LogP contribution in [0.15, 0.2) is 47.4 Å². The molecule has 1 heterocycles. The van der Waals surface area contributed by atoms with E-state index in [4.69, 9.17) is 14.2 Å². The molecule has 9 heteroatoms. The minimum atomic E-state index is -4.08. The Kier molecular flexibility index (Phi) is 9.84. The molecule has 0 radical (unpaired) electrons. The summed E-state index contributed by atoms with van der Waals surface area (Å²) in [5.41, 5.74) is 0.239. The Hall–Kier alpha value is -2.94. The van der Waals surface area contributed by atoms with Gasteiger partial charge in [-0.25, -0.2) is 8.42 Å². The molecule has 8 nitrogen and oxygen atoms in total. The van der Waals surface area contributed by atoms with Crippen LogP contribution < -0.4 is 18.5 Å². The van der Waals surface area contributed by atoms with Gasteiger partial charge in [0.05, 0.1) is 31.9 Å². The third-order valence-corrected chi connectivity index (χ3v) is 7.06. The molecule has 182 valence electrons. The second kappa shape index (κ2) is 12.3. The van der Waals surface area contributed by atoms with Gasteiger partial charge >= 0.3 is 0 Å². The van der Waals surface area contributed by atoms with Crippen LogP contribution in [0.3, 0.4) is 0 Å². The van der Waals surface area contributed by atoms with E-state index in [1.54, 1.807) is 35.2 Å². The summed E-state index contributed by atoms with van der Waals surface area (Å²) in [6, 6.07) is 10.9. The van der Waals surface area contributed by atoms with Crippen molar-refractivity contribution in [1.29, 1.82) is 0 Å². The number of piperidine rings is 1. The Morgan fingerprint density at radius 2 is 1.45 bits per heavy atom. The maximum absolute atomic E-state index is 13.6. The smallest absolute Gasteiger partial charge is 0.264 e. The van der Waals surface area contributed by atoms with Crippen molar-refractivity contribution in [2.45, 2.75) is 38.0 Å². The summed E-state index contributed by atoms with van der Waals surface area (Å²) >= 11 is 0. The number of benzene rings is 2. The molecular formula is C24H34N2O6S. The zero-order valence-corrected chi connectivity index (χ0v) is 20.9. The fourth-order valence-corrected chi connectivity index (χ4v) is 4.95. The fourth-order valence-electron chi connectivity index (χ4n) is 3.53. The largest absolute Gasteiger partial charge is 0.497 e. The lowest BCUT2D eigenvalue weighted by Gasteiger charge is -2.31. The zero-order valence-electron chi connectivity index (χ0n) is 20.0. The molecule has 2 aromatic carbocycles. The molecule has 2 aromatic rings. The summed E-state index contributed by atoms with van der Waals surface area (Å²) < 4.78 is 44.2. The Morgan fingerprint density at radius 1 is 0.879 bits per heavy atom. The quantitative estimate of drug-likeness (QED) is 0.571. The average Bonchev–Trinajstić information content (AvgIpc) is 2.88. The second-order valence-electron chi connectivity index (χ2n) is 7.17. The van der Waals surface area contributed by atoms with E-state index in [1.165, 1.54) is 33.5 Å². The summed E-state index contributed by atoms with van der Waals surface area (Å²) in [5, 5.41) is 0. The lowest BCUT2D eigenvalue weighted by molar-refractivity contribution is -0.130. The van der Waals surface area contributed by atoms with Crippen LogP contribution in [0.5, 0.6) is 17.2 Å². The van der Waals surface area contributed by atoms with Crippen LogP contribution in [0.4, 0.5) is 5.69 Å². The van der Waals surface area contributed by atoms with Crippen LogP contribution in [0.1, 0.15) is 33.1 Å². The predicted octanol–water partition coefficient (Wildman–Crippen LogP) is 3.95. The molecular weight excluding hydrogens is 444 g/mol. The molecule has 0 atom stereocenters. The first-order chi connectivity index (χ1) is 15.9. The summed E-state index contributed by atoms with van der Waals surface area (Å²) in [6.45, 7) is 4.92. The van der Waals surface area contributed by atoms with Gasteiger partial charge in [0.25, 0.3) is 10.0 Å². The highest BCUT2D eigenvalue weighted by atomic mass is 32.2. The molecule has 0 unspecified atom stereocenters. The van der Waals surface area contributed by atoms with Crippen molar-refractivity contribution in [2.24, 2.45) is 0 Å². The number of carbonyl (C=O) groups is 1. The number of anilines is 1. The van der Waals surface area contributed by atoms with Gasteiger partial charge in [0.15, 0.2) is 0 Å². The van der Waals surface area contributed by atoms with Crippen molar-refractivity contribution >= 4 is 21.6 Å². The summed E-state index contributed by atoms with van der Waals surface area (Å²) in [6.07, 6.45) is 2.90. The van der Waals surface area contributed by atoms with Gasteiger partial charge in [-0.1, -0.05) is 13.8 Å². The third-order valence-electron chi connectivity index (χ3n) is 5.29. The van der Waals surface area contributed by atoms with Crippen LogP contribution in [-0.4, -0.2) is 60.2 Å². The molecule has 0 aliphatic carbocycles. The molecule has 0 N–H and O–H groups in total. The van der Waals surface area contributed by atoms with Crippen molar-refractivity contribution < 1.29 is 27.4 Å². The van der Waals surface area contributed by atoms with Gasteiger partial charge in [0.2, 0.25) is 5.91 Å². The highest BCUT2D eigenvalue weighted by molar-refractivity contribution is 7.92. The number of sulfonamides is 1. The standard InChI is InChI=1S/C22H28N2O6S.C2H6/c1-28-17-7-10-19(11-8-17)31(26,27)24(16-22(25)23-13-5-4-6-14-23)20-15-18(29-2)9-12-21(20)30-3;1-2/h7-12,15H,4-6,13-14,16H2,1-3H3;1-2H3. The van der Waals surface area contributed by atoms with Crippen LogP contribution in [0.2, 0.25) is 0 Å². The lowest BCUT2D eigenvalue weighted by atomic mass is 10.1. The number of carbonyl (C=O) groups excluding carboxylic acids is 1. The van der Waals surface area contributed by atoms with Crippen molar-refractivity contribution in [2.75, 3.05) is 45.3 Å². The van der Waals surface area contributed by atoms with Gasteiger partial charge in [-0.05, 0) is 55.7 Å². The van der Waals surface area contributed by atoms with Gasteiger partial charge < -0.3 is 19.1 Å². The minimum absolute atomic E-state index is 0.0459. The highest BCUT2D eigenvalue weighted by Crippen LogP contribution is 2.36. The number of hydrogen-bond donors (Lipinski definition) is 0. The maximum atomic E-state index is 13.6. The zero-order chi connectivity index (χ0) is 24.4. The molecule has 0 bridgehead atoms. The normalized spacial score (nSPS) is 13.4. The molecule has 33 heavy (non-hydrogen) atoms. The van der Waals surface area contributed by atoms with E-state index in [2.05, 4.69) is 0 Å². The van der Waals surface area contributed by atoms with Gasteiger partial charge in [-0.2, -0.15) is 0 Å². The van der Waals surface area contributed by atoms with E-state index in [-0.39, 0.29) is 23.0 Å². The number of hydrogen-bond acceptors (Lipinski definition) is 6. The monoisotopic (exact) mass is 478 g/mol. The Labute approximate surface area is 197 Å². The summed E-state index contributed by atoms with van der Waals surface area (Å²) in [5.74, 6) is 1.07. The van der Waals surface area contributed by atoms with Gasteiger partial charge in [-0.15, -0.1) is 0 Å². The maximum Gasteiger partial charge on any atom is 0.264 e. The highest BCUT2D eigenvalue weighted by Gasteiger charge is 2.31. The Balaban J connectivity index is 0.00000187. The number of likely N-dealkylation sites (tertiary alicyclic amines) is 1. The van der Waals surface area contributed by atoms with Crippen molar-refractivity contribution in [3.8, 4) is 17.2 Å². The number of nitrogens with zero attached hydrogens (tertiary/aromatic N) is 2. The van der Waals surface area contributed by atoms with E-state index in [0.29, 0.717) is 30.3 Å². The topological polar surface area (TPSA) is 85.4 Å². The number of rotatable bonds is 8. The first kappa shape index (κ1) is 26.3. The number of methoxy groups -OCH3 is 3. The van der Waals surface area contributed by atoms with Crippen molar-refractivity contribution in [1.82, 2.24) is 4.90 Å². The van der Waals surface area contributed by atoms with Crippen LogP contribution >= 0.6 is 0 Å². The molecule has 1 fully saturated rings. The van der Waals surface area contributed by atoms with E-state index < -0.39 is 10.0 Å². The molecule has 3 rings (SSSR count). The Bertz CT molecular complexity index is 1000. The van der Waals surface area contributed by atoms with E-state index in [1.807, 2.05) is 13.8 Å². The SMILES string of the molecule is CC.COc1ccc(S(=O)(=O)N(CC(=O)N2CCCCC2)c2cc(OC)ccc2OC)cc1. The fraction of sp³-hybridized carbons (Fsp3) is 0.458. The number of amides is 1.